The molecule has 0 aliphatic rings. The molecule has 0 saturated heterocycles. The van der Waals surface area contributed by atoms with Gasteiger partial charge in [0.2, 0.25) is 0 Å². The standard InChI is InChI=1S/C26H28O/c1-3-5-7-9-10-12-14-22-16-18-24-23-17-15-21(13-11-8-6-4-2)19-25(23)27-26(24)20-22/h15-20H,3-10H2,1-2H3. The smallest absolute Gasteiger partial charge is 0.136 e. The van der Waals surface area contributed by atoms with Gasteiger partial charge in [-0.15, -0.1) is 0 Å². The highest BCUT2D eigenvalue weighted by Crippen LogP contribution is 2.29. The molecule has 1 heteroatoms. The zero-order valence-corrected chi connectivity index (χ0v) is 16.5. The summed E-state index contributed by atoms with van der Waals surface area (Å²) in [7, 11) is 0. The summed E-state index contributed by atoms with van der Waals surface area (Å²) in [6, 6.07) is 12.5. The topological polar surface area (TPSA) is 13.1 Å². The van der Waals surface area contributed by atoms with E-state index in [2.05, 4.69) is 67.9 Å². The van der Waals surface area contributed by atoms with Crippen molar-refractivity contribution in [1.82, 2.24) is 0 Å². The molecule has 0 atom stereocenters. The molecule has 138 valence electrons. The number of hydrogen-bond donors (Lipinski definition) is 0. The molecule has 0 fully saturated rings. The van der Waals surface area contributed by atoms with Crippen LogP contribution in [0.15, 0.2) is 40.8 Å². The first-order chi connectivity index (χ1) is 13.3. The number of benzene rings is 2. The molecule has 1 heterocycles. The molecule has 0 radical (unpaired) electrons. The third kappa shape index (κ3) is 5.18. The monoisotopic (exact) mass is 356 g/mol. The highest BCUT2D eigenvalue weighted by atomic mass is 16.3. The summed E-state index contributed by atoms with van der Waals surface area (Å²) >= 11 is 0. The molecular weight excluding hydrogens is 328 g/mol. The number of unbranched alkanes of at least 4 members (excludes halogenated alkanes) is 6. The Morgan fingerprint density at radius 1 is 0.667 bits per heavy atom. The summed E-state index contributed by atoms with van der Waals surface area (Å²) in [5.74, 6) is 13.1. The predicted octanol–water partition coefficient (Wildman–Crippen LogP) is 7.45. The first-order valence-electron chi connectivity index (χ1n) is 10.3. The van der Waals surface area contributed by atoms with Gasteiger partial charge in [-0.1, -0.05) is 63.2 Å². The molecule has 0 amide bonds. The lowest BCUT2D eigenvalue weighted by Crippen LogP contribution is -1.76. The van der Waals surface area contributed by atoms with Crippen molar-refractivity contribution in [1.29, 1.82) is 0 Å². The molecule has 1 nitrogen and oxygen atoms in total. The second kappa shape index (κ2) is 9.89. The van der Waals surface area contributed by atoms with Crippen molar-refractivity contribution in [3.05, 3.63) is 47.5 Å². The highest BCUT2D eigenvalue weighted by molar-refractivity contribution is 6.05. The van der Waals surface area contributed by atoms with Gasteiger partial charge in [-0.2, -0.15) is 0 Å². The minimum Gasteiger partial charge on any atom is -0.456 e. The van der Waals surface area contributed by atoms with Crippen LogP contribution in [0.5, 0.6) is 0 Å². The maximum Gasteiger partial charge on any atom is 0.136 e. The third-order valence-corrected chi connectivity index (χ3v) is 4.75. The van der Waals surface area contributed by atoms with Gasteiger partial charge in [0.05, 0.1) is 0 Å². The fraction of sp³-hybridized carbons (Fsp3) is 0.385. The average Bonchev–Trinajstić information content (AvgIpc) is 3.05. The van der Waals surface area contributed by atoms with E-state index in [0.717, 1.165) is 52.3 Å². The molecule has 0 spiro atoms. The van der Waals surface area contributed by atoms with E-state index in [9.17, 15) is 0 Å². The molecule has 27 heavy (non-hydrogen) atoms. The van der Waals surface area contributed by atoms with Crippen LogP contribution in [-0.2, 0) is 0 Å². The Labute approximate surface area is 163 Å². The van der Waals surface area contributed by atoms with Crippen molar-refractivity contribution < 1.29 is 4.42 Å². The van der Waals surface area contributed by atoms with Gasteiger partial charge in [-0.3, -0.25) is 0 Å². The van der Waals surface area contributed by atoms with E-state index in [-0.39, 0.29) is 0 Å². The van der Waals surface area contributed by atoms with Crippen LogP contribution in [0.4, 0.5) is 0 Å². The van der Waals surface area contributed by atoms with Crippen molar-refractivity contribution in [2.24, 2.45) is 0 Å². The summed E-state index contributed by atoms with van der Waals surface area (Å²) in [6.45, 7) is 4.42. The number of rotatable bonds is 6. The molecular formula is C26H28O. The van der Waals surface area contributed by atoms with Gasteiger partial charge in [-0.25, -0.2) is 0 Å². The molecule has 0 bridgehead atoms. The van der Waals surface area contributed by atoms with Crippen molar-refractivity contribution >= 4 is 21.9 Å². The molecule has 3 rings (SSSR count). The normalized spacial score (nSPS) is 10.4. The number of hydrogen-bond acceptors (Lipinski definition) is 1. The van der Waals surface area contributed by atoms with Crippen molar-refractivity contribution in [3.63, 3.8) is 0 Å². The summed E-state index contributed by atoms with van der Waals surface area (Å²) in [6.07, 6.45) is 9.30. The first kappa shape index (κ1) is 19.1. The predicted molar refractivity (Wildman–Crippen MR) is 116 cm³/mol. The Morgan fingerprint density at radius 3 is 1.78 bits per heavy atom. The Hall–Kier alpha value is -2.64. The molecule has 0 N–H and O–H groups in total. The molecule has 0 aliphatic heterocycles. The van der Waals surface area contributed by atoms with Crippen LogP contribution in [0, 0.1) is 23.7 Å². The molecule has 0 unspecified atom stereocenters. The van der Waals surface area contributed by atoms with Gasteiger partial charge in [0.15, 0.2) is 0 Å². The van der Waals surface area contributed by atoms with Crippen molar-refractivity contribution in [3.8, 4) is 23.7 Å². The van der Waals surface area contributed by atoms with Crippen LogP contribution in [-0.4, -0.2) is 0 Å². The Balaban J connectivity index is 1.77. The zero-order valence-electron chi connectivity index (χ0n) is 16.5. The summed E-state index contributed by atoms with van der Waals surface area (Å²) in [4.78, 5) is 0. The summed E-state index contributed by atoms with van der Waals surface area (Å²) in [5, 5.41) is 2.28. The Bertz CT molecular complexity index is 1010. The van der Waals surface area contributed by atoms with E-state index in [4.69, 9.17) is 4.42 Å². The number of fused-ring (bicyclic) bond motifs is 3. The highest BCUT2D eigenvalue weighted by Gasteiger charge is 2.07. The maximum absolute atomic E-state index is 6.09. The van der Waals surface area contributed by atoms with E-state index in [0.29, 0.717) is 0 Å². The number of furan rings is 1. The van der Waals surface area contributed by atoms with Crippen LogP contribution in [0.2, 0.25) is 0 Å². The van der Waals surface area contributed by atoms with Gasteiger partial charge in [0.1, 0.15) is 11.2 Å². The van der Waals surface area contributed by atoms with E-state index >= 15 is 0 Å². The Kier molecular flexibility index (Phi) is 7.01. The van der Waals surface area contributed by atoms with Gasteiger partial charge in [0.25, 0.3) is 0 Å². The first-order valence-corrected chi connectivity index (χ1v) is 10.3. The van der Waals surface area contributed by atoms with Crippen molar-refractivity contribution in [2.45, 2.75) is 65.2 Å². The minimum atomic E-state index is 0.900. The molecule has 0 saturated carbocycles. The second-order valence-corrected chi connectivity index (χ2v) is 7.04. The van der Waals surface area contributed by atoms with E-state index < -0.39 is 0 Å². The van der Waals surface area contributed by atoms with E-state index in [1.54, 1.807) is 0 Å². The van der Waals surface area contributed by atoms with Gasteiger partial charge >= 0.3 is 0 Å². The van der Waals surface area contributed by atoms with E-state index in [1.807, 2.05) is 6.07 Å². The fourth-order valence-electron chi connectivity index (χ4n) is 3.17. The summed E-state index contributed by atoms with van der Waals surface area (Å²) in [5.41, 5.74) is 3.84. The molecule has 0 aliphatic carbocycles. The fourth-order valence-corrected chi connectivity index (χ4v) is 3.17. The third-order valence-electron chi connectivity index (χ3n) is 4.75. The Morgan fingerprint density at radius 2 is 1.22 bits per heavy atom. The van der Waals surface area contributed by atoms with Crippen LogP contribution in [0.25, 0.3) is 21.9 Å². The second-order valence-electron chi connectivity index (χ2n) is 7.04. The average molecular weight is 357 g/mol. The van der Waals surface area contributed by atoms with Crippen LogP contribution in [0.3, 0.4) is 0 Å². The largest absolute Gasteiger partial charge is 0.456 e. The van der Waals surface area contributed by atoms with Crippen molar-refractivity contribution in [2.75, 3.05) is 0 Å². The van der Waals surface area contributed by atoms with Crippen LogP contribution < -0.4 is 0 Å². The molecule has 3 aromatic rings. The SMILES string of the molecule is CCCCC#Cc1ccc2c(c1)oc1cc(C#CCCCCCC)ccc12. The lowest BCUT2D eigenvalue weighted by Gasteiger charge is -1.93. The maximum atomic E-state index is 6.09. The summed E-state index contributed by atoms with van der Waals surface area (Å²) < 4.78 is 6.09. The van der Waals surface area contributed by atoms with Gasteiger partial charge in [0, 0.05) is 34.7 Å². The van der Waals surface area contributed by atoms with Gasteiger partial charge in [-0.05, 0) is 49.2 Å². The van der Waals surface area contributed by atoms with E-state index in [1.165, 1.54) is 32.1 Å². The van der Waals surface area contributed by atoms with Crippen LogP contribution in [0.1, 0.15) is 76.3 Å². The lowest BCUT2D eigenvalue weighted by atomic mass is 10.1. The molecule has 1 aromatic heterocycles. The zero-order chi connectivity index (χ0) is 18.9. The minimum absolute atomic E-state index is 0.900. The molecule has 2 aromatic carbocycles. The van der Waals surface area contributed by atoms with Gasteiger partial charge < -0.3 is 4.42 Å². The quantitative estimate of drug-likeness (QED) is 0.330. The lowest BCUT2D eigenvalue weighted by molar-refractivity contribution is 0.668. The van der Waals surface area contributed by atoms with Crippen LogP contribution >= 0.6 is 0 Å².